The highest BCUT2D eigenvalue weighted by molar-refractivity contribution is 6.23. The molecule has 158 valence electrons. The second-order valence-corrected chi connectivity index (χ2v) is 8.04. The number of aliphatic hydroxyl groups is 1. The number of aliphatic hydroxyl groups excluding tert-OH is 1. The van der Waals surface area contributed by atoms with Crippen molar-refractivity contribution in [1.29, 1.82) is 5.26 Å². The fourth-order valence-corrected chi connectivity index (χ4v) is 5.21. The maximum Gasteiger partial charge on any atom is 0.417 e. The van der Waals surface area contributed by atoms with Crippen molar-refractivity contribution in [3.8, 4) is 6.07 Å². The van der Waals surface area contributed by atoms with Crippen LogP contribution >= 0.6 is 0 Å². The third kappa shape index (κ3) is 2.26. The number of aliphatic carboxylic acids is 1. The number of fused-ring (bicyclic) bond motifs is 5. The first-order valence-electron chi connectivity index (χ1n) is 8.89. The fraction of sp³-hybridized carbons (Fsp3) is 0.474. The summed E-state index contributed by atoms with van der Waals surface area (Å²) in [5, 5.41) is 29.0. The molecule has 6 atom stereocenters. The molecule has 3 heterocycles. The van der Waals surface area contributed by atoms with Gasteiger partial charge in [-0.2, -0.15) is 18.4 Å². The molecular formula is C19H15F3N2O6. The number of alkyl halides is 3. The van der Waals surface area contributed by atoms with Gasteiger partial charge < -0.3 is 14.9 Å². The van der Waals surface area contributed by atoms with E-state index in [1.165, 1.54) is 19.9 Å². The minimum Gasteiger partial charge on any atom is -0.481 e. The molecule has 0 aliphatic carbocycles. The summed E-state index contributed by atoms with van der Waals surface area (Å²) in [7, 11) is 0. The van der Waals surface area contributed by atoms with Crippen LogP contribution in [0.1, 0.15) is 25.0 Å². The molecular weight excluding hydrogens is 409 g/mol. The Labute approximate surface area is 167 Å². The molecule has 0 radical (unpaired) electrons. The number of hydrogen-bond acceptors (Lipinski definition) is 6. The lowest BCUT2D eigenvalue weighted by atomic mass is 9.62. The van der Waals surface area contributed by atoms with E-state index in [9.17, 15) is 37.8 Å². The SMILES string of the molecule is C[C@@]12O[C@@](C)(C(O)[C@@H]1C(=O)O)[C@@H]1C(=O)N(c3ccc(C#N)c(C(F)(F)F)c3)C(=O)[C@@H]12. The van der Waals surface area contributed by atoms with E-state index in [-0.39, 0.29) is 0 Å². The van der Waals surface area contributed by atoms with Crippen LogP contribution in [0.5, 0.6) is 0 Å². The van der Waals surface area contributed by atoms with Crippen molar-refractivity contribution < 1.29 is 42.5 Å². The van der Waals surface area contributed by atoms with Crippen molar-refractivity contribution in [2.24, 2.45) is 17.8 Å². The second-order valence-electron chi connectivity index (χ2n) is 8.04. The summed E-state index contributed by atoms with van der Waals surface area (Å²) in [4.78, 5) is 38.5. The van der Waals surface area contributed by atoms with Gasteiger partial charge in [0, 0.05) is 0 Å². The number of nitrogens with zero attached hydrogens (tertiary/aromatic N) is 2. The number of carboxylic acids is 1. The Hall–Kier alpha value is -2.97. The molecule has 3 aliphatic rings. The predicted octanol–water partition coefficient (Wildman–Crippen LogP) is 1.31. The van der Waals surface area contributed by atoms with Gasteiger partial charge in [0.15, 0.2) is 0 Å². The molecule has 0 aromatic heterocycles. The standard InChI is InChI=1S/C19H15F3N2O6/c1-17-10-11(18(2,30-17)13(25)12(17)16(28)29)15(27)24(14(10)26)8-4-3-7(6-23)9(5-8)19(20,21)22/h3-5,10-13,25H,1-2H3,(H,28,29)/t10-,11+,12-,13?,17+,18-/m1/s1. The third-order valence-electron chi connectivity index (χ3n) is 6.45. The van der Waals surface area contributed by atoms with Crippen molar-refractivity contribution in [2.45, 2.75) is 37.3 Å². The summed E-state index contributed by atoms with van der Waals surface area (Å²) in [6.07, 6.45) is -6.49. The molecule has 3 aliphatic heterocycles. The first-order chi connectivity index (χ1) is 13.8. The smallest absolute Gasteiger partial charge is 0.417 e. The molecule has 1 aromatic rings. The molecule has 0 saturated carbocycles. The maximum atomic E-state index is 13.3. The maximum absolute atomic E-state index is 13.3. The number of carboxylic acid groups (broad SMARTS) is 1. The van der Waals surface area contributed by atoms with Gasteiger partial charge >= 0.3 is 12.1 Å². The van der Waals surface area contributed by atoms with Gasteiger partial charge in [0.2, 0.25) is 11.8 Å². The summed E-state index contributed by atoms with van der Waals surface area (Å²) in [5.41, 5.74) is -5.78. The Morgan fingerprint density at radius 1 is 1.20 bits per heavy atom. The molecule has 1 unspecified atom stereocenters. The molecule has 4 rings (SSSR count). The van der Waals surface area contributed by atoms with Gasteiger partial charge in [-0.25, -0.2) is 4.90 Å². The molecule has 0 spiro atoms. The van der Waals surface area contributed by atoms with E-state index in [1.54, 1.807) is 0 Å². The molecule has 1 aromatic carbocycles. The van der Waals surface area contributed by atoms with E-state index in [0.29, 0.717) is 11.0 Å². The topological polar surface area (TPSA) is 128 Å². The van der Waals surface area contributed by atoms with Crippen molar-refractivity contribution >= 4 is 23.5 Å². The molecule has 3 fully saturated rings. The average Bonchev–Trinajstić information content (AvgIpc) is 3.13. The largest absolute Gasteiger partial charge is 0.481 e. The number of nitriles is 1. The molecule has 3 saturated heterocycles. The summed E-state index contributed by atoms with van der Waals surface area (Å²) >= 11 is 0. The number of benzene rings is 1. The van der Waals surface area contributed by atoms with E-state index in [0.717, 1.165) is 12.1 Å². The molecule has 2 amide bonds. The van der Waals surface area contributed by atoms with E-state index in [2.05, 4.69) is 0 Å². The zero-order chi connectivity index (χ0) is 22.4. The summed E-state index contributed by atoms with van der Waals surface area (Å²) in [5.74, 6) is -7.25. The van der Waals surface area contributed by atoms with Gasteiger partial charge in [0.25, 0.3) is 0 Å². The third-order valence-corrected chi connectivity index (χ3v) is 6.45. The van der Waals surface area contributed by atoms with Crippen molar-refractivity contribution in [1.82, 2.24) is 0 Å². The summed E-state index contributed by atoms with van der Waals surface area (Å²) in [6.45, 7) is 2.62. The van der Waals surface area contributed by atoms with Crippen LogP contribution in [-0.4, -0.2) is 45.3 Å². The number of hydrogen-bond donors (Lipinski definition) is 2. The van der Waals surface area contributed by atoms with Crippen LogP contribution in [0.2, 0.25) is 0 Å². The monoisotopic (exact) mass is 424 g/mol. The van der Waals surface area contributed by atoms with Crippen LogP contribution in [0.25, 0.3) is 0 Å². The lowest BCUT2D eigenvalue weighted by molar-refractivity contribution is -0.154. The number of ether oxygens (including phenoxy) is 1. The molecule has 11 heteroatoms. The van der Waals surface area contributed by atoms with Gasteiger partial charge in [-0.1, -0.05) is 0 Å². The molecule has 30 heavy (non-hydrogen) atoms. The quantitative estimate of drug-likeness (QED) is 0.685. The summed E-state index contributed by atoms with van der Waals surface area (Å²) in [6, 6.07) is 3.85. The van der Waals surface area contributed by atoms with Crippen molar-refractivity contribution in [2.75, 3.05) is 4.90 Å². The number of imide groups is 1. The predicted molar refractivity (Wildman–Crippen MR) is 90.7 cm³/mol. The van der Waals surface area contributed by atoms with Gasteiger partial charge in [0.05, 0.1) is 46.4 Å². The number of amides is 2. The number of anilines is 1. The van der Waals surface area contributed by atoms with Crippen LogP contribution in [-0.2, 0) is 25.3 Å². The Balaban J connectivity index is 1.83. The molecule has 8 nitrogen and oxygen atoms in total. The highest BCUT2D eigenvalue weighted by Gasteiger charge is 2.80. The fourth-order valence-electron chi connectivity index (χ4n) is 5.21. The van der Waals surface area contributed by atoms with Gasteiger partial charge in [-0.15, -0.1) is 0 Å². The first-order valence-corrected chi connectivity index (χ1v) is 8.89. The average molecular weight is 424 g/mol. The Morgan fingerprint density at radius 2 is 1.77 bits per heavy atom. The lowest BCUT2D eigenvalue weighted by Crippen LogP contribution is -2.56. The Bertz CT molecular complexity index is 1050. The van der Waals surface area contributed by atoms with E-state index >= 15 is 0 Å². The van der Waals surface area contributed by atoms with Crippen LogP contribution < -0.4 is 4.90 Å². The van der Waals surface area contributed by atoms with E-state index in [1.807, 2.05) is 0 Å². The highest BCUT2D eigenvalue weighted by atomic mass is 19.4. The zero-order valence-corrected chi connectivity index (χ0v) is 15.6. The van der Waals surface area contributed by atoms with Crippen LogP contribution in [0.15, 0.2) is 18.2 Å². The molecule has 2 N–H and O–H groups in total. The van der Waals surface area contributed by atoms with Crippen LogP contribution in [0, 0.1) is 29.1 Å². The van der Waals surface area contributed by atoms with Gasteiger partial charge in [0.1, 0.15) is 11.5 Å². The first kappa shape index (κ1) is 20.3. The minimum atomic E-state index is -4.90. The number of carbonyl (C=O) groups excluding carboxylic acids is 2. The van der Waals surface area contributed by atoms with E-state index in [4.69, 9.17) is 10.00 Å². The zero-order valence-electron chi connectivity index (χ0n) is 15.6. The number of carbonyl (C=O) groups is 3. The van der Waals surface area contributed by atoms with Gasteiger partial charge in [-0.05, 0) is 32.0 Å². The minimum absolute atomic E-state index is 0.390. The van der Waals surface area contributed by atoms with Crippen LogP contribution in [0.3, 0.4) is 0 Å². The second kappa shape index (κ2) is 5.80. The van der Waals surface area contributed by atoms with Crippen molar-refractivity contribution in [3.63, 3.8) is 0 Å². The Morgan fingerprint density at radius 3 is 2.27 bits per heavy atom. The summed E-state index contributed by atoms with van der Waals surface area (Å²) < 4.78 is 45.7. The van der Waals surface area contributed by atoms with E-state index < -0.39 is 75.8 Å². The normalized spacial score (nSPS) is 37.4. The van der Waals surface area contributed by atoms with Crippen LogP contribution in [0.4, 0.5) is 18.9 Å². The Kier molecular flexibility index (Phi) is 3.93. The van der Waals surface area contributed by atoms with Crippen molar-refractivity contribution in [3.05, 3.63) is 29.3 Å². The highest BCUT2D eigenvalue weighted by Crippen LogP contribution is 2.63. The van der Waals surface area contributed by atoms with Gasteiger partial charge in [-0.3, -0.25) is 14.4 Å². The number of halogens is 3. The lowest BCUT2D eigenvalue weighted by Gasteiger charge is -2.36. The number of rotatable bonds is 2. The molecule has 2 bridgehead atoms.